The Balaban J connectivity index is 1.78. The van der Waals surface area contributed by atoms with Gasteiger partial charge in [-0.15, -0.1) is 0 Å². The Bertz CT molecular complexity index is 594. The van der Waals surface area contributed by atoms with Gasteiger partial charge in [0.15, 0.2) is 11.6 Å². The van der Waals surface area contributed by atoms with Crippen molar-refractivity contribution in [1.82, 2.24) is 0 Å². The summed E-state index contributed by atoms with van der Waals surface area (Å²) >= 11 is 0. The molecule has 2 heterocycles. The van der Waals surface area contributed by atoms with Gasteiger partial charge in [0, 0.05) is 24.7 Å². The van der Waals surface area contributed by atoms with Crippen molar-refractivity contribution < 1.29 is 13.9 Å². The van der Waals surface area contributed by atoms with Crippen LogP contribution in [0.3, 0.4) is 0 Å². The fraction of sp³-hybridized carbons (Fsp3) is 0.312. The number of morpholine rings is 1. The van der Waals surface area contributed by atoms with Gasteiger partial charge in [0.05, 0.1) is 13.2 Å². The molecule has 1 aliphatic heterocycles. The molecule has 1 fully saturated rings. The summed E-state index contributed by atoms with van der Waals surface area (Å²) in [5, 5.41) is 0. The van der Waals surface area contributed by atoms with Crippen molar-refractivity contribution >= 4 is 11.7 Å². The third kappa shape index (κ3) is 2.60. The number of ketones is 1. The van der Waals surface area contributed by atoms with Crippen LogP contribution in [-0.2, 0) is 4.74 Å². The molecule has 0 radical (unpaired) electrons. The van der Waals surface area contributed by atoms with Gasteiger partial charge in [-0.3, -0.25) is 4.79 Å². The lowest BCUT2D eigenvalue weighted by atomic mass is 10.1. The van der Waals surface area contributed by atoms with E-state index in [2.05, 4.69) is 4.90 Å². The summed E-state index contributed by atoms with van der Waals surface area (Å²) < 4.78 is 11.0. The first-order chi connectivity index (χ1) is 9.74. The molecule has 0 amide bonds. The van der Waals surface area contributed by atoms with Crippen LogP contribution in [0.5, 0.6) is 0 Å². The number of carbonyl (C=O) groups is 1. The quantitative estimate of drug-likeness (QED) is 0.805. The van der Waals surface area contributed by atoms with E-state index in [-0.39, 0.29) is 5.78 Å². The van der Waals surface area contributed by atoms with Crippen molar-refractivity contribution in [3.8, 4) is 0 Å². The fourth-order valence-electron chi connectivity index (χ4n) is 2.25. The number of furan rings is 1. The topological polar surface area (TPSA) is 42.7 Å². The van der Waals surface area contributed by atoms with Crippen LogP contribution in [0.2, 0.25) is 0 Å². The van der Waals surface area contributed by atoms with E-state index in [1.54, 1.807) is 6.07 Å². The van der Waals surface area contributed by atoms with E-state index in [9.17, 15) is 4.79 Å². The minimum Gasteiger partial charge on any atom is -0.437 e. The second-order valence-electron chi connectivity index (χ2n) is 4.93. The fourth-order valence-corrected chi connectivity index (χ4v) is 2.25. The van der Waals surface area contributed by atoms with Gasteiger partial charge in [0.25, 0.3) is 0 Å². The number of nitrogens with zero attached hydrogens (tertiary/aromatic N) is 1. The molecule has 3 rings (SSSR count). The number of benzene rings is 1. The Kier molecular flexibility index (Phi) is 3.56. The van der Waals surface area contributed by atoms with E-state index in [4.69, 9.17) is 9.15 Å². The van der Waals surface area contributed by atoms with Gasteiger partial charge in [-0.25, -0.2) is 0 Å². The van der Waals surface area contributed by atoms with Crippen LogP contribution in [0.25, 0.3) is 0 Å². The molecule has 1 aromatic carbocycles. The zero-order chi connectivity index (χ0) is 13.9. The SMILES string of the molecule is Cc1ccc(C(=O)c2ccc(N3CCOCC3)o2)cc1. The van der Waals surface area contributed by atoms with Crippen LogP contribution in [0.15, 0.2) is 40.8 Å². The van der Waals surface area contributed by atoms with Crippen LogP contribution < -0.4 is 4.90 Å². The van der Waals surface area contributed by atoms with Crippen LogP contribution in [0, 0.1) is 6.92 Å². The highest BCUT2D eigenvalue weighted by molar-refractivity contribution is 6.07. The summed E-state index contributed by atoms with van der Waals surface area (Å²) in [4.78, 5) is 14.4. The van der Waals surface area contributed by atoms with Gasteiger partial charge >= 0.3 is 0 Å². The summed E-state index contributed by atoms with van der Waals surface area (Å²) in [6.45, 7) is 4.99. The van der Waals surface area contributed by atoms with Crippen molar-refractivity contribution in [2.45, 2.75) is 6.92 Å². The van der Waals surface area contributed by atoms with E-state index in [1.807, 2.05) is 37.3 Å². The average molecular weight is 271 g/mol. The van der Waals surface area contributed by atoms with E-state index < -0.39 is 0 Å². The van der Waals surface area contributed by atoms with Gasteiger partial charge in [-0.2, -0.15) is 0 Å². The molecule has 104 valence electrons. The standard InChI is InChI=1S/C16H17NO3/c1-12-2-4-13(5-3-12)16(18)14-6-7-15(20-14)17-8-10-19-11-9-17/h2-7H,8-11H2,1H3. The Labute approximate surface area is 118 Å². The number of hydrogen-bond acceptors (Lipinski definition) is 4. The summed E-state index contributed by atoms with van der Waals surface area (Å²) in [6, 6.07) is 11.1. The zero-order valence-electron chi connectivity index (χ0n) is 11.5. The maximum atomic E-state index is 12.3. The maximum Gasteiger partial charge on any atom is 0.228 e. The van der Waals surface area contributed by atoms with E-state index >= 15 is 0 Å². The second-order valence-corrected chi connectivity index (χ2v) is 4.93. The van der Waals surface area contributed by atoms with Crippen LogP contribution in [0.1, 0.15) is 21.7 Å². The first kappa shape index (κ1) is 12.9. The summed E-state index contributed by atoms with van der Waals surface area (Å²) in [7, 11) is 0. The number of carbonyl (C=O) groups excluding carboxylic acids is 1. The summed E-state index contributed by atoms with van der Waals surface area (Å²) in [5.41, 5.74) is 1.79. The molecule has 0 bridgehead atoms. The third-order valence-electron chi connectivity index (χ3n) is 3.45. The molecular weight excluding hydrogens is 254 g/mol. The Morgan fingerprint density at radius 2 is 1.75 bits per heavy atom. The van der Waals surface area contributed by atoms with E-state index in [1.165, 1.54) is 0 Å². The van der Waals surface area contributed by atoms with Crippen molar-refractivity contribution in [3.05, 3.63) is 53.3 Å². The highest BCUT2D eigenvalue weighted by Gasteiger charge is 2.18. The predicted octanol–water partition coefficient (Wildman–Crippen LogP) is 2.66. The lowest BCUT2D eigenvalue weighted by Gasteiger charge is -2.26. The predicted molar refractivity (Wildman–Crippen MR) is 76.4 cm³/mol. The second kappa shape index (κ2) is 5.51. The summed E-state index contributed by atoms with van der Waals surface area (Å²) in [6.07, 6.45) is 0. The van der Waals surface area contributed by atoms with Crippen molar-refractivity contribution in [2.24, 2.45) is 0 Å². The van der Waals surface area contributed by atoms with Gasteiger partial charge in [0.2, 0.25) is 5.78 Å². The molecule has 20 heavy (non-hydrogen) atoms. The van der Waals surface area contributed by atoms with E-state index in [0.717, 1.165) is 24.5 Å². The molecule has 1 aliphatic rings. The normalized spacial score (nSPS) is 15.3. The smallest absolute Gasteiger partial charge is 0.228 e. The van der Waals surface area contributed by atoms with Gasteiger partial charge in [0.1, 0.15) is 0 Å². The molecule has 1 saturated heterocycles. The number of rotatable bonds is 3. The van der Waals surface area contributed by atoms with Gasteiger partial charge in [-0.1, -0.05) is 29.8 Å². The monoisotopic (exact) mass is 271 g/mol. The average Bonchev–Trinajstić information content (AvgIpc) is 2.98. The first-order valence-corrected chi connectivity index (χ1v) is 6.78. The molecule has 0 atom stereocenters. The molecule has 0 saturated carbocycles. The zero-order valence-corrected chi connectivity index (χ0v) is 11.5. The molecule has 0 N–H and O–H groups in total. The Morgan fingerprint density at radius 1 is 1.05 bits per heavy atom. The highest BCUT2D eigenvalue weighted by Crippen LogP contribution is 2.21. The minimum atomic E-state index is -0.0792. The molecule has 4 nitrogen and oxygen atoms in total. The van der Waals surface area contributed by atoms with Crippen molar-refractivity contribution in [3.63, 3.8) is 0 Å². The van der Waals surface area contributed by atoms with Crippen LogP contribution in [0.4, 0.5) is 5.88 Å². The number of aryl methyl sites for hydroxylation is 1. The molecule has 0 unspecified atom stereocenters. The highest BCUT2D eigenvalue weighted by atomic mass is 16.5. The van der Waals surface area contributed by atoms with E-state index in [0.29, 0.717) is 24.5 Å². The Hall–Kier alpha value is -2.07. The molecule has 1 aromatic heterocycles. The molecule has 0 spiro atoms. The summed E-state index contributed by atoms with van der Waals surface area (Å²) in [5.74, 6) is 1.05. The molecular formula is C16H17NO3. The van der Waals surface area contributed by atoms with Gasteiger partial charge < -0.3 is 14.1 Å². The number of anilines is 1. The number of hydrogen-bond donors (Lipinski definition) is 0. The number of ether oxygens (including phenoxy) is 1. The largest absolute Gasteiger partial charge is 0.437 e. The first-order valence-electron chi connectivity index (χ1n) is 6.78. The molecule has 4 heteroatoms. The van der Waals surface area contributed by atoms with Crippen LogP contribution >= 0.6 is 0 Å². The maximum absolute atomic E-state index is 12.3. The lowest BCUT2D eigenvalue weighted by molar-refractivity contribution is 0.101. The van der Waals surface area contributed by atoms with Crippen molar-refractivity contribution in [2.75, 3.05) is 31.2 Å². The van der Waals surface area contributed by atoms with Crippen molar-refractivity contribution in [1.29, 1.82) is 0 Å². The lowest BCUT2D eigenvalue weighted by Crippen LogP contribution is -2.35. The Morgan fingerprint density at radius 3 is 2.45 bits per heavy atom. The van der Waals surface area contributed by atoms with Crippen LogP contribution in [-0.4, -0.2) is 32.1 Å². The third-order valence-corrected chi connectivity index (χ3v) is 3.45. The van der Waals surface area contributed by atoms with Gasteiger partial charge in [-0.05, 0) is 13.0 Å². The minimum absolute atomic E-state index is 0.0792. The molecule has 2 aromatic rings. The molecule has 0 aliphatic carbocycles.